The molecule has 4 rings (SSSR count). The van der Waals surface area contributed by atoms with E-state index >= 15 is 0 Å². The molecule has 1 saturated heterocycles. The van der Waals surface area contributed by atoms with Crippen molar-refractivity contribution in [2.24, 2.45) is 0 Å². The first-order valence-corrected chi connectivity index (χ1v) is 9.45. The normalized spacial score (nSPS) is 14.9. The SMILES string of the molecule is CC(C)n1cc(-c2cccc(N3CCCC3)c2)c2c(Br)ccnc21. The molecular weight excluding hydrogens is 362 g/mol. The van der Waals surface area contributed by atoms with E-state index in [9.17, 15) is 0 Å². The third kappa shape index (κ3) is 2.63. The molecule has 0 saturated carbocycles. The zero-order chi connectivity index (χ0) is 16.7. The topological polar surface area (TPSA) is 21.1 Å². The van der Waals surface area contributed by atoms with Gasteiger partial charge >= 0.3 is 0 Å². The van der Waals surface area contributed by atoms with Crippen LogP contribution in [0.1, 0.15) is 32.7 Å². The van der Waals surface area contributed by atoms with Gasteiger partial charge in [-0.3, -0.25) is 0 Å². The standard InChI is InChI=1S/C20H22BrN3/c1-14(2)24-13-17(19-18(21)8-9-22-20(19)24)15-6-5-7-16(12-15)23-10-3-4-11-23/h5-9,12-14H,3-4,10-11H2,1-2H3. The van der Waals surface area contributed by atoms with Crippen molar-refractivity contribution in [3.63, 3.8) is 0 Å². The Morgan fingerprint density at radius 3 is 2.67 bits per heavy atom. The Labute approximate surface area is 151 Å². The summed E-state index contributed by atoms with van der Waals surface area (Å²) in [6.07, 6.45) is 6.71. The summed E-state index contributed by atoms with van der Waals surface area (Å²) in [5.74, 6) is 0. The molecule has 1 aliphatic rings. The lowest BCUT2D eigenvalue weighted by Crippen LogP contribution is -2.17. The average molecular weight is 384 g/mol. The first-order valence-electron chi connectivity index (χ1n) is 8.65. The van der Waals surface area contributed by atoms with Crippen molar-refractivity contribution in [3.05, 3.63) is 47.2 Å². The number of hydrogen-bond acceptors (Lipinski definition) is 2. The van der Waals surface area contributed by atoms with Gasteiger partial charge in [-0.2, -0.15) is 0 Å². The van der Waals surface area contributed by atoms with Gasteiger partial charge in [-0.15, -0.1) is 0 Å². The molecule has 1 aliphatic heterocycles. The van der Waals surface area contributed by atoms with Crippen LogP contribution in [0.2, 0.25) is 0 Å². The van der Waals surface area contributed by atoms with E-state index in [1.165, 1.54) is 48.1 Å². The molecular formula is C20H22BrN3. The summed E-state index contributed by atoms with van der Waals surface area (Å²) in [5, 5.41) is 1.20. The van der Waals surface area contributed by atoms with Crippen LogP contribution >= 0.6 is 15.9 Å². The van der Waals surface area contributed by atoms with Crippen molar-refractivity contribution in [1.29, 1.82) is 0 Å². The zero-order valence-electron chi connectivity index (χ0n) is 14.2. The van der Waals surface area contributed by atoms with Gasteiger partial charge in [0, 0.05) is 52.6 Å². The van der Waals surface area contributed by atoms with Crippen molar-refractivity contribution < 1.29 is 0 Å². The molecule has 2 aromatic heterocycles. The highest BCUT2D eigenvalue weighted by molar-refractivity contribution is 9.10. The van der Waals surface area contributed by atoms with Crippen LogP contribution in [0, 0.1) is 0 Å². The van der Waals surface area contributed by atoms with E-state index in [1.807, 2.05) is 12.3 Å². The fourth-order valence-corrected chi connectivity index (χ4v) is 4.10. The van der Waals surface area contributed by atoms with Crippen molar-refractivity contribution in [3.8, 4) is 11.1 Å². The van der Waals surface area contributed by atoms with Crippen LogP contribution in [0.15, 0.2) is 47.2 Å². The van der Waals surface area contributed by atoms with Gasteiger partial charge in [0.25, 0.3) is 0 Å². The molecule has 0 N–H and O–H groups in total. The predicted molar refractivity (Wildman–Crippen MR) is 105 cm³/mol. The van der Waals surface area contributed by atoms with Gasteiger partial charge < -0.3 is 9.47 Å². The van der Waals surface area contributed by atoms with Crippen LogP contribution in [-0.2, 0) is 0 Å². The maximum Gasteiger partial charge on any atom is 0.141 e. The van der Waals surface area contributed by atoms with E-state index in [4.69, 9.17) is 0 Å². The molecule has 1 aromatic carbocycles. The van der Waals surface area contributed by atoms with Gasteiger partial charge in [0.05, 0.1) is 0 Å². The number of rotatable bonds is 3. The van der Waals surface area contributed by atoms with Gasteiger partial charge in [-0.25, -0.2) is 4.98 Å². The van der Waals surface area contributed by atoms with E-state index in [0.717, 1.165) is 10.1 Å². The van der Waals surface area contributed by atoms with Crippen molar-refractivity contribution in [2.45, 2.75) is 32.7 Å². The molecule has 3 nitrogen and oxygen atoms in total. The molecule has 3 aromatic rings. The van der Waals surface area contributed by atoms with Gasteiger partial charge in [0.15, 0.2) is 0 Å². The number of pyridine rings is 1. The summed E-state index contributed by atoms with van der Waals surface area (Å²) in [6, 6.07) is 11.3. The van der Waals surface area contributed by atoms with E-state index in [1.54, 1.807) is 0 Å². The molecule has 0 bridgehead atoms. The van der Waals surface area contributed by atoms with Crippen LogP contribution in [-0.4, -0.2) is 22.6 Å². The number of nitrogens with zero attached hydrogens (tertiary/aromatic N) is 3. The van der Waals surface area contributed by atoms with Crippen LogP contribution in [0.25, 0.3) is 22.2 Å². The third-order valence-electron chi connectivity index (χ3n) is 4.85. The summed E-state index contributed by atoms with van der Waals surface area (Å²) >= 11 is 3.73. The number of fused-ring (bicyclic) bond motifs is 1. The number of anilines is 1. The molecule has 124 valence electrons. The molecule has 0 radical (unpaired) electrons. The van der Waals surface area contributed by atoms with E-state index in [0.29, 0.717) is 6.04 Å². The van der Waals surface area contributed by atoms with Gasteiger partial charge in [-0.1, -0.05) is 12.1 Å². The maximum absolute atomic E-state index is 4.63. The summed E-state index contributed by atoms with van der Waals surface area (Å²) < 4.78 is 3.37. The molecule has 0 unspecified atom stereocenters. The molecule has 1 fully saturated rings. The first-order chi connectivity index (χ1) is 11.6. The minimum atomic E-state index is 0.379. The highest BCUT2D eigenvalue weighted by Gasteiger charge is 2.17. The van der Waals surface area contributed by atoms with Crippen molar-refractivity contribution >= 4 is 32.7 Å². The smallest absolute Gasteiger partial charge is 0.141 e. The summed E-state index contributed by atoms with van der Waals surface area (Å²) in [4.78, 5) is 7.12. The molecule has 0 amide bonds. The minimum absolute atomic E-state index is 0.379. The number of benzene rings is 1. The Hall–Kier alpha value is -1.81. The molecule has 0 atom stereocenters. The Balaban J connectivity index is 1.89. The van der Waals surface area contributed by atoms with Crippen LogP contribution in [0.3, 0.4) is 0 Å². The second-order valence-corrected chi connectivity index (χ2v) is 7.63. The largest absolute Gasteiger partial charge is 0.372 e. The fraction of sp³-hybridized carbons (Fsp3) is 0.350. The fourth-order valence-electron chi connectivity index (χ4n) is 3.60. The highest BCUT2D eigenvalue weighted by atomic mass is 79.9. The van der Waals surface area contributed by atoms with Gasteiger partial charge in [0.1, 0.15) is 5.65 Å². The lowest BCUT2D eigenvalue weighted by molar-refractivity contribution is 0.618. The predicted octanol–water partition coefficient (Wildman–Crippen LogP) is 5.65. The van der Waals surface area contributed by atoms with Gasteiger partial charge in [-0.05, 0) is 66.4 Å². The van der Waals surface area contributed by atoms with E-state index in [2.05, 4.69) is 74.7 Å². The maximum atomic E-state index is 4.63. The van der Waals surface area contributed by atoms with Crippen LogP contribution in [0.4, 0.5) is 5.69 Å². The number of hydrogen-bond donors (Lipinski definition) is 0. The molecule has 3 heterocycles. The molecule has 0 spiro atoms. The third-order valence-corrected chi connectivity index (χ3v) is 5.51. The first kappa shape index (κ1) is 15.7. The summed E-state index contributed by atoms with van der Waals surface area (Å²) in [7, 11) is 0. The van der Waals surface area contributed by atoms with Gasteiger partial charge in [0.2, 0.25) is 0 Å². The van der Waals surface area contributed by atoms with E-state index < -0.39 is 0 Å². The Bertz CT molecular complexity index is 876. The Kier molecular flexibility index (Phi) is 4.09. The molecule has 0 aliphatic carbocycles. The van der Waals surface area contributed by atoms with E-state index in [-0.39, 0.29) is 0 Å². The summed E-state index contributed by atoms with van der Waals surface area (Å²) in [6.45, 7) is 6.74. The highest BCUT2D eigenvalue weighted by Crippen LogP contribution is 2.37. The number of halogens is 1. The lowest BCUT2D eigenvalue weighted by atomic mass is 10.0. The Morgan fingerprint density at radius 1 is 1.12 bits per heavy atom. The monoisotopic (exact) mass is 383 g/mol. The second kappa shape index (κ2) is 6.25. The quantitative estimate of drug-likeness (QED) is 0.582. The summed E-state index contributed by atoms with van der Waals surface area (Å²) in [5.41, 5.74) is 4.88. The molecule has 4 heteroatoms. The Morgan fingerprint density at radius 2 is 1.92 bits per heavy atom. The van der Waals surface area contributed by atoms with Crippen LogP contribution < -0.4 is 4.90 Å². The minimum Gasteiger partial charge on any atom is -0.372 e. The molecule has 24 heavy (non-hydrogen) atoms. The van der Waals surface area contributed by atoms with Crippen molar-refractivity contribution in [1.82, 2.24) is 9.55 Å². The second-order valence-electron chi connectivity index (χ2n) is 6.78. The van der Waals surface area contributed by atoms with Crippen molar-refractivity contribution in [2.75, 3.05) is 18.0 Å². The average Bonchev–Trinajstić information content (AvgIpc) is 3.23. The lowest BCUT2D eigenvalue weighted by Gasteiger charge is -2.18. The zero-order valence-corrected chi connectivity index (χ0v) is 15.8. The number of aromatic nitrogens is 2. The van der Waals surface area contributed by atoms with Crippen LogP contribution in [0.5, 0.6) is 0 Å².